The molecule has 52 heavy (non-hydrogen) atoms. The van der Waals surface area contributed by atoms with Crippen molar-refractivity contribution in [3.05, 3.63) is 83.0 Å². The van der Waals surface area contributed by atoms with Gasteiger partial charge in [0.15, 0.2) is 6.61 Å². The first-order valence-corrected chi connectivity index (χ1v) is 15.8. The van der Waals surface area contributed by atoms with Crippen LogP contribution in [-0.4, -0.2) is 74.1 Å². The Balaban J connectivity index is 1.19. The van der Waals surface area contributed by atoms with Crippen molar-refractivity contribution in [1.29, 1.82) is 0 Å². The van der Waals surface area contributed by atoms with Gasteiger partial charge in [-0.2, -0.15) is 28.1 Å². The van der Waals surface area contributed by atoms with Crippen LogP contribution in [0.2, 0.25) is 5.02 Å². The molecule has 0 unspecified atom stereocenters. The van der Waals surface area contributed by atoms with E-state index >= 15 is 0 Å². The number of aliphatic carboxylic acids is 1. The number of nitrogens with one attached hydrogen (secondary N) is 5. The predicted molar refractivity (Wildman–Crippen MR) is 181 cm³/mol. The van der Waals surface area contributed by atoms with Crippen LogP contribution in [0.15, 0.2) is 66.9 Å². The Kier molecular flexibility index (Phi) is 11.2. The maximum absolute atomic E-state index is 12.9. The fraction of sp³-hybridized carbons (Fsp3) is 0.250. The number of aromatic nitrogens is 4. The van der Waals surface area contributed by atoms with Crippen LogP contribution in [0, 0.1) is 0 Å². The van der Waals surface area contributed by atoms with E-state index in [2.05, 4.69) is 46.5 Å². The minimum absolute atomic E-state index is 0.0474. The lowest BCUT2D eigenvalue weighted by Crippen LogP contribution is -2.44. The number of rotatable bonds is 14. The number of nitrogens with zero attached hydrogens (tertiary/aromatic N) is 4. The Morgan fingerprint density at radius 3 is 2.21 bits per heavy atom. The summed E-state index contributed by atoms with van der Waals surface area (Å²) >= 11 is 6.01. The molecule has 16 nitrogen and oxygen atoms in total. The Bertz CT molecular complexity index is 1930. The Morgan fingerprint density at radius 1 is 0.923 bits per heavy atom. The lowest BCUT2D eigenvalue weighted by Gasteiger charge is -2.19. The minimum Gasteiger partial charge on any atom is -0.480 e. The van der Waals surface area contributed by atoms with E-state index in [4.69, 9.17) is 22.1 Å². The lowest BCUT2D eigenvalue weighted by atomic mass is 10.1. The molecular formula is C32H30ClF3N10O6. The molecule has 1 atom stereocenters. The van der Waals surface area contributed by atoms with Crippen LogP contribution in [0.1, 0.15) is 35.2 Å². The zero-order valence-electron chi connectivity index (χ0n) is 26.8. The molecule has 0 bridgehead atoms. The van der Waals surface area contributed by atoms with E-state index in [1.165, 1.54) is 42.6 Å². The molecule has 272 valence electrons. The predicted octanol–water partition coefficient (Wildman–Crippen LogP) is 3.62. The molecule has 1 saturated carbocycles. The summed E-state index contributed by atoms with van der Waals surface area (Å²) in [5.41, 5.74) is 6.39. The monoisotopic (exact) mass is 742 g/mol. The van der Waals surface area contributed by atoms with Crippen LogP contribution in [0.5, 0.6) is 6.01 Å². The summed E-state index contributed by atoms with van der Waals surface area (Å²) in [4.78, 5) is 64.9. The van der Waals surface area contributed by atoms with Gasteiger partial charge in [0.1, 0.15) is 11.9 Å². The van der Waals surface area contributed by atoms with Crippen LogP contribution in [0.4, 0.5) is 42.3 Å². The molecule has 4 aromatic rings. The van der Waals surface area contributed by atoms with Gasteiger partial charge >= 0.3 is 30.0 Å². The van der Waals surface area contributed by atoms with Gasteiger partial charge < -0.3 is 42.2 Å². The van der Waals surface area contributed by atoms with Crippen molar-refractivity contribution >= 4 is 64.4 Å². The van der Waals surface area contributed by atoms with Crippen LogP contribution in [-0.2, 0) is 19.9 Å². The lowest BCUT2D eigenvalue weighted by molar-refractivity contribution is -0.154. The number of hydrogen-bond donors (Lipinski definition) is 7. The maximum Gasteiger partial charge on any atom is 0.422 e. The van der Waals surface area contributed by atoms with E-state index < -0.39 is 54.1 Å². The van der Waals surface area contributed by atoms with Crippen molar-refractivity contribution in [2.45, 2.75) is 37.0 Å². The SMILES string of the molecule is Nc1ccc(NC(=O)C(=O)NCC[C@H](NC(=O)c2ccc(Nc3nc(NC4(c5ccc(Cl)cc5)CC4)nc(OCC(F)(F)F)n3)cc2)C(=O)O)cn1. The van der Waals surface area contributed by atoms with Gasteiger partial charge in [-0.1, -0.05) is 23.7 Å². The van der Waals surface area contributed by atoms with Gasteiger partial charge in [-0.15, -0.1) is 0 Å². The molecular weight excluding hydrogens is 713 g/mol. The maximum atomic E-state index is 12.9. The molecule has 2 heterocycles. The number of nitrogen functional groups attached to an aromatic ring is 1. The number of nitrogens with two attached hydrogens (primary N) is 1. The van der Waals surface area contributed by atoms with Gasteiger partial charge in [0, 0.05) is 22.8 Å². The fourth-order valence-electron chi connectivity index (χ4n) is 4.68. The number of hydrogen-bond acceptors (Lipinski definition) is 12. The molecule has 1 aliphatic carbocycles. The first-order chi connectivity index (χ1) is 24.7. The molecule has 0 radical (unpaired) electrons. The topological polar surface area (TPSA) is 235 Å². The molecule has 0 spiro atoms. The van der Waals surface area contributed by atoms with Crippen molar-refractivity contribution in [1.82, 2.24) is 30.6 Å². The van der Waals surface area contributed by atoms with Crippen LogP contribution >= 0.6 is 11.6 Å². The number of carbonyl (C=O) groups excluding carboxylic acids is 3. The summed E-state index contributed by atoms with van der Waals surface area (Å²) < 4.78 is 43.5. The molecule has 5 rings (SSSR count). The number of ether oxygens (including phenoxy) is 1. The van der Waals surface area contributed by atoms with E-state index in [0.29, 0.717) is 23.6 Å². The molecule has 0 aliphatic heterocycles. The van der Waals surface area contributed by atoms with E-state index in [0.717, 1.165) is 5.56 Å². The summed E-state index contributed by atoms with van der Waals surface area (Å²) in [6.07, 6.45) is -2.25. The van der Waals surface area contributed by atoms with Crippen molar-refractivity contribution in [2.75, 3.05) is 34.8 Å². The van der Waals surface area contributed by atoms with Gasteiger partial charge in [0.2, 0.25) is 11.9 Å². The highest BCUT2D eigenvalue weighted by atomic mass is 35.5. The van der Waals surface area contributed by atoms with E-state index in [1.807, 2.05) is 12.1 Å². The third-order valence-corrected chi connectivity index (χ3v) is 7.71. The van der Waals surface area contributed by atoms with E-state index in [9.17, 15) is 37.5 Å². The Hall–Kier alpha value is -6.24. The normalized spacial score (nSPS) is 13.6. The summed E-state index contributed by atoms with van der Waals surface area (Å²) in [5.74, 6) is -4.19. The molecule has 2 aromatic carbocycles. The van der Waals surface area contributed by atoms with Crippen LogP contribution in [0.3, 0.4) is 0 Å². The first-order valence-electron chi connectivity index (χ1n) is 15.4. The Labute approximate surface area is 297 Å². The third kappa shape index (κ3) is 10.4. The molecule has 8 N–H and O–H groups in total. The number of amides is 3. The second-order valence-electron chi connectivity index (χ2n) is 11.4. The average molecular weight is 743 g/mol. The summed E-state index contributed by atoms with van der Waals surface area (Å²) in [7, 11) is 0. The number of alkyl halides is 3. The standard InChI is InChI=1S/C32H30ClF3N10O6/c33-19-5-3-18(4-6-19)31(12-13-31)46-29-43-28(44-30(45-29)52-16-32(34,35)36)41-20-7-1-17(2-8-20)24(47)42-22(27(50)51)11-14-38-25(48)26(49)40-21-9-10-23(37)39-15-21/h1-10,15,22H,11-14,16H2,(H2,37,39)(H,38,48)(H,40,49)(H,42,47)(H,50,51)(H2,41,43,44,45,46)/t22-/m0/s1. The van der Waals surface area contributed by atoms with Crippen LogP contribution < -0.4 is 37.1 Å². The molecule has 1 fully saturated rings. The summed E-state index contributed by atoms with van der Waals surface area (Å²) in [6, 6.07) is 13.5. The van der Waals surface area contributed by atoms with E-state index in [-0.39, 0.29) is 41.9 Å². The highest BCUT2D eigenvalue weighted by Crippen LogP contribution is 2.48. The second-order valence-corrected chi connectivity index (χ2v) is 11.9. The van der Waals surface area contributed by atoms with Gasteiger partial charge in [0.25, 0.3) is 5.91 Å². The quantitative estimate of drug-likeness (QED) is 0.0916. The van der Waals surface area contributed by atoms with Crippen molar-refractivity contribution in [3.8, 4) is 6.01 Å². The van der Waals surface area contributed by atoms with Crippen LogP contribution in [0.25, 0.3) is 0 Å². The number of benzene rings is 2. The number of carboxylic acid groups (broad SMARTS) is 1. The number of carbonyl (C=O) groups is 4. The highest BCUT2D eigenvalue weighted by Gasteiger charge is 2.45. The average Bonchev–Trinajstić information content (AvgIpc) is 3.88. The van der Waals surface area contributed by atoms with Crippen molar-refractivity contribution < 1.29 is 42.2 Å². The molecule has 20 heteroatoms. The second kappa shape index (κ2) is 15.8. The van der Waals surface area contributed by atoms with Crippen molar-refractivity contribution in [3.63, 3.8) is 0 Å². The summed E-state index contributed by atoms with van der Waals surface area (Å²) in [6.45, 7) is -1.89. The first kappa shape index (κ1) is 37.0. The van der Waals surface area contributed by atoms with Gasteiger partial charge in [0.05, 0.1) is 17.4 Å². The zero-order valence-corrected chi connectivity index (χ0v) is 27.6. The number of carboxylic acids is 1. The molecule has 3 amide bonds. The molecule has 2 aromatic heterocycles. The molecule has 0 saturated heterocycles. The Morgan fingerprint density at radius 2 is 1.60 bits per heavy atom. The zero-order chi connectivity index (χ0) is 37.5. The third-order valence-electron chi connectivity index (χ3n) is 7.45. The van der Waals surface area contributed by atoms with Gasteiger partial charge in [-0.3, -0.25) is 14.4 Å². The molecule has 1 aliphatic rings. The largest absolute Gasteiger partial charge is 0.480 e. The number of pyridine rings is 1. The number of anilines is 5. The fourth-order valence-corrected chi connectivity index (χ4v) is 4.81. The van der Waals surface area contributed by atoms with Crippen molar-refractivity contribution in [2.24, 2.45) is 0 Å². The van der Waals surface area contributed by atoms with Gasteiger partial charge in [-0.05, 0) is 73.4 Å². The van der Waals surface area contributed by atoms with E-state index in [1.54, 1.807) is 12.1 Å². The summed E-state index contributed by atoms with van der Waals surface area (Å²) in [5, 5.41) is 23.1. The smallest absolute Gasteiger partial charge is 0.422 e. The highest BCUT2D eigenvalue weighted by molar-refractivity contribution is 6.39. The number of halogens is 4. The minimum atomic E-state index is -4.65. The van der Waals surface area contributed by atoms with Gasteiger partial charge in [-0.25, -0.2) is 9.78 Å².